The molecular weight excluding hydrogens is 534 g/mol. The smallest absolute Gasteiger partial charge is 0.324 e. The molecule has 2 aliphatic heterocycles. The predicted molar refractivity (Wildman–Crippen MR) is 158 cm³/mol. The van der Waals surface area contributed by atoms with Crippen molar-refractivity contribution < 1.29 is 28.8 Å². The van der Waals surface area contributed by atoms with E-state index in [0.717, 1.165) is 39.3 Å². The van der Waals surface area contributed by atoms with Crippen LogP contribution >= 0.6 is 0 Å². The van der Waals surface area contributed by atoms with Crippen LogP contribution < -0.4 is 20.1 Å². The largest absolute Gasteiger partial charge is 0.497 e. The van der Waals surface area contributed by atoms with Crippen molar-refractivity contribution in [2.24, 2.45) is 0 Å². The Labute approximate surface area is 244 Å². The van der Waals surface area contributed by atoms with Crippen LogP contribution in [-0.2, 0) is 15.1 Å². The zero-order chi connectivity index (χ0) is 29.3. The molecule has 3 atom stereocenters. The number of urea groups is 1. The Morgan fingerprint density at radius 3 is 2.36 bits per heavy atom. The monoisotopic (exact) mass is 567 g/mol. The number of nitrogens with one attached hydrogen (secondary N) is 3. The molecule has 0 saturated carbocycles. The Morgan fingerprint density at radius 2 is 1.64 bits per heavy atom. The summed E-state index contributed by atoms with van der Waals surface area (Å²) in [5.41, 5.74) is 3.94. The summed E-state index contributed by atoms with van der Waals surface area (Å²) in [5, 5.41) is 16.7. The second kappa shape index (κ2) is 11.3. The SMILES string of the molecule is COc1ccc(C(OC[C@H]2OC(=C3NC(=O)Nc4[nH]ccc43)C[C@@H]2O)(c2ccccc2)c2ccc(OC)cc2C)cc1. The number of hydrogen-bond acceptors (Lipinski definition) is 6. The third-order valence-corrected chi connectivity index (χ3v) is 7.84. The molecule has 0 aliphatic carbocycles. The van der Waals surface area contributed by atoms with Crippen molar-refractivity contribution in [1.82, 2.24) is 10.3 Å². The fraction of sp³-hybridized carbons (Fsp3) is 0.242. The van der Waals surface area contributed by atoms with E-state index in [1.165, 1.54) is 0 Å². The van der Waals surface area contributed by atoms with Crippen LogP contribution in [0.2, 0.25) is 0 Å². The number of H-pyrrole nitrogens is 1. The molecule has 2 aliphatic rings. The van der Waals surface area contributed by atoms with Crippen molar-refractivity contribution in [2.75, 3.05) is 26.1 Å². The minimum absolute atomic E-state index is 0.0660. The molecule has 1 aromatic heterocycles. The number of carbonyl (C=O) groups excluding carboxylic acids is 1. The molecule has 1 fully saturated rings. The van der Waals surface area contributed by atoms with Crippen molar-refractivity contribution in [2.45, 2.75) is 31.2 Å². The summed E-state index contributed by atoms with van der Waals surface area (Å²) in [7, 11) is 3.28. The lowest BCUT2D eigenvalue weighted by molar-refractivity contribution is -0.0623. The van der Waals surface area contributed by atoms with Crippen LogP contribution in [0.5, 0.6) is 11.5 Å². The summed E-state index contributed by atoms with van der Waals surface area (Å²) in [5.74, 6) is 2.55. The van der Waals surface area contributed by atoms with E-state index in [1.807, 2.05) is 85.8 Å². The summed E-state index contributed by atoms with van der Waals surface area (Å²) in [4.78, 5) is 15.3. The van der Waals surface area contributed by atoms with Gasteiger partial charge in [-0.25, -0.2) is 4.79 Å². The molecule has 1 unspecified atom stereocenters. The number of methoxy groups -OCH3 is 2. The number of ether oxygens (including phenoxy) is 4. The van der Waals surface area contributed by atoms with Gasteiger partial charge < -0.3 is 34.4 Å². The van der Waals surface area contributed by atoms with Crippen molar-refractivity contribution in [3.8, 4) is 11.5 Å². The van der Waals surface area contributed by atoms with Crippen LogP contribution in [0.15, 0.2) is 90.8 Å². The molecule has 42 heavy (non-hydrogen) atoms. The lowest BCUT2D eigenvalue weighted by atomic mass is 9.78. The Morgan fingerprint density at radius 1 is 0.929 bits per heavy atom. The number of benzene rings is 3. The van der Waals surface area contributed by atoms with Gasteiger partial charge in [0, 0.05) is 18.2 Å². The van der Waals surface area contributed by atoms with Crippen LogP contribution in [0, 0.1) is 6.92 Å². The van der Waals surface area contributed by atoms with E-state index >= 15 is 0 Å². The maximum absolute atomic E-state index is 12.3. The average molecular weight is 568 g/mol. The van der Waals surface area contributed by atoms with Crippen LogP contribution in [0.25, 0.3) is 5.70 Å². The van der Waals surface area contributed by atoms with Gasteiger partial charge in [-0.3, -0.25) is 5.32 Å². The van der Waals surface area contributed by atoms with Gasteiger partial charge in [-0.2, -0.15) is 0 Å². The second-order valence-corrected chi connectivity index (χ2v) is 10.3. The molecule has 0 bridgehead atoms. The molecule has 6 rings (SSSR count). The highest BCUT2D eigenvalue weighted by Crippen LogP contribution is 2.44. The number of amides is 2. The van der Waals surface area contributed by atoms with Gasteiger partial charge in [-0.15, -0.1) is 0 Å². The highest BCUT2D eigenvalue weighted by molar-refractivity contribution is 6.02. The molecule has 3 heterocycles. The van der Waals surface area contributed by atoms with E-state index in [1.54, 1.807) is 20.4 Å². The number of aromatic nitrogens is 1. The van der Waals surface area contributed by atoms with Gasteiger partial charge in [-0.1, -0.05) is 48.5 Å². The first-order valence-corrected chi connectivity index (χ1v) is 13.8. The Balaban J connectivity index is 1.41. The van der Waals surface area contributed by atoms with Crippen molar-refractivity contribution in [1.29, 1.82) is 0 Å². The van der Waals surface area contributed by atoms with Crippen LogP contribution in [0.1, 0.15) is 34.2 Å². The van der Waals surface area contributed by atoms with E-state index in [0.29, 0.717) is 17.3 Å². The minimum Gasteiger partial charge on any atom is -0.497 e. The quantitative estimate of drug-likeness (QED) is 0.215. The van der Waals surface area contributed by atoms with Crippen LogP contribution in [0.3, 0.4) is 0 Å². The molecule has 9 heteroatoms. The third kappa shape index (κ3) is 4.87. The molecule has 1 saturated heterocycles. The standard InChI is InChI=1S/C33H33N3O6/c1-20-17-24(40-3)13-14-26(20)33(21-7-5-4-6-8-21,22-9-11-23(39-2)12-10-22)41-19-29-27(37)18-28(42-29)30-25-15-16-34-31(25)36-32(38)35-30/h4-17,27,29,34,37H,18-19H2,1-3H3,(H2,35,36,38)/t27-,29+,33?/m0/s1. The Kier molecular flexibility index (Phi) is 7.36. The van der Waals surface area contributed by atoms with Crippen molar-refractivity contribution in [3.05, 3.63) is 119 Å². The average Bonchev–Trinajstić information content (AvgIpc) is 3.64. The zero-order valence-electron chi connectivity index (χ0n) is 23.6. The number of aliphatic hydroxyl groups excluding tert-OH is 1. The van der Waals surface area contributed by atoms with Gasteiger partial charge >= 0.3 is 6.03 Å². The lowest BCUT2D eigenvalue weighted by Crippen LogP contribution is -2.38. The van der Waals surface area contributed by atoms with Gasteiger partial charge in [-0.05, 0) is 59.5 Å². The van der Waals surface area contributed by atoms with Gasteiger partial charge in [0.15, 0.2) is 0 Å². The third-order valence-electron chi connectivity index (χ3n) is 7.84. The first-order valence-electron chi connectivity index (χ1n) is 13.8. The predicted octanol–water partition coefficient (Wildman–Crippen LogP) is 5.30. The topological polar surface area (TPSA) is 114 Å². The maximum atomic E-state index is 12.3. The number of aryl methyl sites for hydroxylation is 1. The van der Waals surface area contributed by atoms with Crippen LogP contribution in [-0.4, -0.2) is 49.2 Å². The Hall–Kier alpha value is -4.73. The van der Waals surface area contributed by atoms with Gasteiger partial charge in [0.05, 0.1) is 26.5 Å². The molecule has 0 radical (unpaired) electrons. The fourth-order valence-electron chi connectivity index (χ4n) is 5.75. The van der Waals surface area contributed by atoms with Gasteiger partial charge in [0.1, 0.15) is 40.9 Å². The van der Waals surface area contributed by atoms with E-state index in [-0.39, 0.29) is 19.1 Å². The first-order chi connectivity index (χ1) is 20.4. The Bertz CT molecular complexity index is 1610. The van der Waals surface area contributed by atoms with E-state index in [2.05, 4.69) is 15.6 Å². The lowest BCUT2D eigenvalue weighted by Gasteiger charge is -2.38. The molecule has 3 aromatic carbocycles. The highest BCUT2D eigenvalue weighted by atomic mass is 16.6. The van der Waals surface area contributed by atoms with Gasteiger partial charge in [0.2, 0.25) is 0 Å². The number of hydrogen-bond donors (Lipinski definition) is 4. The number of aliphatic hydroxyl groups is 1. The number of aromatic amines is 1. The minimum atomic E-state index is -1.06. The normalized spacial score (nSPS) is 21.0. The summed E-state index contributed by atoms with van der Waals surface area (Å²) >= 11 is 0. The second-order valence-electron chi connectivity index (χ2n) is 10.3. The number of anilines is 1. The van der Waals surface area contributed by atoms with Crippen LogP contribution in [0.4, 0.5) is 10.6 Å². The van der Waals surface area contributed by atoms with Crippen molar-refractivity contribution in [3.63, 3.8) is 0 Å². The van der Waals surface area contributed by atoms with E-state index in [4.69, 9.17) is 18.9 Å². The number of rotatable bonds is 8. The van der Waals surface area contributed by atoms with Crippen molar-refractivity contribution >= 4 is 17.5 Å². The number of carbonyl (C=O) groups is 1. The number of fused-ring (bicyclic) bond motifs is 1. The molecule has 4 aromatic rings. The maximum Gasteiger partial charge on any atom is 0.324 e. The highest BCUT2D eigenvalue weighted by Gasteiger charge is 2.42. The molecule has 2 amide bonds. The summed E-state index contributed by atoms with van der Waals surface area (Å²) in [6.45, 7) is 2.09. The van der Waals surface area contributed by atoms with E-state index in [9.17, 15) is 9.90 Å². The zero-order valence-corrected chi connectivity index (χ0v) is 23.6. The summed E-state index contributed by atoms with van der Waals surface area (Å²) in [6, 6.07) is 25.2. The first kappa shape index (κ1) is 27.4. The van der Waals surface area contributed by atoms with E-state index < -0.39 is 17.8 Å². The molecule has 9 nitrogen and oxygen atoms in total. The molecule has 216 valence electrons. The van der Waals surface area contributed by atoms with Gasteiger partial charge in [0.25, 0.3) is 0 Å². The summed E-state index contributed by atoms with van der Waals surface area (Å²) < 4.78 is 24.2. The molecular formula is C33H33N3O6. The molecule has 0 spiro atoms. The fourth-order valence-corrected chi connectivity index (χ4v) is 5.75. The summed E-state index contributed by atoms with van der Waals surface area (Å²) in [6.07, 6.45) is 0.450. The molecule has 4 N–H and O–H groups in total.